The van der Waals surface area contributed by atoms with Crippen LogP contribution in [0.2, 0.25) is 0 Å². The van der Waals surface area contributed by atoms with Crippen LogP contribution in [0.15, 0.2) is 0 Å². The minimum absolute atomic E-state index is 0.283. The molecule has 0 saturated carbocycles. The van der Waals surface area contributed by atoms with Crippen LogP contribution in [0.3, 0.4) is 0 Å². The fourth-order valence-corrected chi connectivity index (χ4v) is 2.06. The van der Waals surface area contributed by atoms with Gasteiger partial charge in [-0.1, -0.05) is 87.9 Å². The zero-order chi connectivity index (χ0) is 13.6. The molecule has 18 heavy (non-hydrogen) atoms. The van der Waals surface area contributed by atoms with Gasteiger partial charge in [0, 0.05) is 6.54 Å². The van der Waals surface area contributed by atoms with E-state index >= 15 is 0 Å². The maximum atomic E-state index is 11.0. The van der Waals surface area contributed by atoms with Gasteiger partial charge in [0.05, 0.1) is 0 Å². The van der Waals surface area contributed by atoms with Crippen molar-refractivity contribution in [3.05, 3.63) is 0 Å². The maximum Gasteiger partial charge on any atom is 0.253 e. The van der Waals surface area contributed by atoms with Crippen molar-refractivity contribution in [2.75, 3.05) is 6.54 Å². The molecule has 0 saturated heterocycles. The van der Waals surface area contributed by atoms with Crippen molar-refractivity contribution in [3.8, 4) is 0 Å². The summed E-state index contributed by atoms with van der Waals surface area (Å²) in [5, 5.41) is 2.70. The largest absolute Gasteiger partial charge is 0.354 e. The molecule has 0 heterocycles. The fourth-order valence-electron chi connectivity index (χ4n) is 1.90. The van der Waals surface area contributed by atoms with Crippen molar-refractivity contribution in [3.63, 3.8) is 0 Å². The van der Waals surface area contributed by atoms with Gasteiger partial charge in [-0.3, -0.25) is 4.79 Å². The van der Waals surface area contributed by atoms with Crippen molar-refractivity contribution < 1.29 is 4.79 Å². The highest BCUT2D eigenvalue weighted by Gasteiger charge is 2.09. The zero-order valence-corrected chi connectivity index (χ0v) is 13.0. The minimum atomic E-state index is -0.937. The summed E-state index contributed by atoms with van der Waals surface area (Å²) in [4.78, 5) is 10.1. The number of nitrogens with one attached hydrogen (secondary N) is 1. The second-order valence-corrected chi connectivity index (χ2v) is 5.87. The predicted molar refractivity (Wildman–Crippen MR) is 80.3 cm³/mol. The van der Waals surface area contributed by atoms with Crippen LogP contribution in [-0.2, 0) is 4.79 Å². The highest BCUT2D eigenvalue weighted by molar-refractivity contribution is 6.53. The topological polar surface area (TPSA) is 29.1 Å². The Morgan fingerprint density at radius 1 is 0.889 bits per heavy atom. The molecule has 108 valence electrons. The van der Waals surface area contributed by atoms with Crippen LogP contribution in [0.4, 0.5) is 0 Å². The molecule has 0 unspecified atom stereocenters. The van der Waals surface area contributed by atoms with Crippen LogP contribution in [0, 0.1) is 0 Å². The molecular weight excluding hydrogens is 269 g/mol. The smallest absolute Gasteiger partial charge is 0.253 e. The van der Waals surface area contributed by atoms with Gasteiger partial charge in [-0.2, -0.15) is 0 Å². The third-order valence-electron chi connectivity index (χ3n) is 3.03. The Labute approximate surface area is 122 Å². The van der Waals surface area contributed by atoms with Crippen LogP contribution in [-0.4, -0.2) is 17.3 Å². The lowest BCUT2D eigenvalue weighted by Gasteiger charge is -2.05. The summed E-state index contributed by atoms with van der Waals surface area (Å²) >= 11 is 10.8. The first-order chi connectivity index (χ1) is 8.68. The SMILES string of the molecule is CCCCCCCCCCCCNC(=O)C(Cl)Cl. The van der Waals surface area contributed by atoms with Crippen molar-refractivity contribution in [2.45, 2.75) is 76.0 Å². The lowest BCUT2D eigenvalue weighted by molar-refractivity contribution is -0.119. The second kappa shape index (κ2) is 13.5. The normalized spacial score (nSPS) is 10.9. The van der Waals surface area contributed by atoms with Crippen LogP contribution < -0.4 is 5.32 Å². The van der Waals surface area contributed by atoms with Gasteiger partial charge in [0.25, 0.3) is 5.91 Å². The van der Waals surface area contributed by atoms with Crippen molar-refractivity contribution >= 4 is 29.1 Å². The number of unbranched alkanes of at least 4 members (excludes halogenated alkanes) is 9. The first kappa shape index (κ1) is 18.0. The summed E-state index contributed by atoms with van der Waals surface area (Å²) in [6, 6.07) is 0. The predicted octanol–water partition coefficient (Wildman–Crippen LogP) is 4.83. The Kier molecular flexibility index (Phi) is 13.5. The average Bonchev–Trinajstić information content (AvgIpc) is 2.35. The third kappa shape index (κ3) is 12.5. The lowest BCUT2D eigenvalue weighted by Crippen LogP contribution is -2.29. The van der Waals surface area contributed by atoms with Crippen molar-refractivity contribution in [1.29, 1.82) is 0 Å². The summed E-state index contributed by atoms with van der Waals surface area (Å²) < 4.78 is 0. The molecule has 0 aromatic carbocycles. The van der Waals surface area contributed by atoms with Crippen LogP contribution >= 0.6 is 23.2 Å². The maximum absolute atomic E-state index is 11.0. The Morgan fingerprint density at radius 2 is 1.33 bits per heavy atom. The highest BCUT2D eigenvalue weighted by atomic mass is 35.5. The summed E-state index contributed by atoms with van der Waals surface area (Å²) in [7, 11) is 0. The molecular formula is C14H27Cl2NO. The molecule has 0 aliphatic heterocycles. The number of hydrogen-bond acceptors (Lipinski definition) is 1. The lowest BCUT2D eigenvalue weighted by atomic mass is 10.1. The summed E-state index contributed by atoms with van der Waals surface area (Å²) in [5.74, 6) is -0.283. The van der Waals surface area contributed by atoms with E-state index in [1.165, 1.54) is 57.8 Å². The molecule has 0 aromatic rings. The number of carbonyl (C=O) groups is 1. The molecule has 4 heteroatoms. The van der Waals surface area contributed by atoms with Gasteiger partial charge in [-0.15, -0.1) is 0 Å². The van der Waals surface area contributed by atoms with Gasteiger partial charge in [-0.25, -0.2) is 0 Å². The van der Waals surface area contributed by atoms with E-state index in [9.17, 15) is 4.79 Å². The molecule has 0 rings (SSSR count). The molecule has 1 N–H and O–H groups in total. The van der Waals surface area contributed by atoms with E-state index < -0.39 is 4.84 Å². The van der Waals surface area contributed by atoms with Gasteiger partial charge in [0.15, 0.2) is 4.84 Å². The van der Waals surface area contributed by atoms with E-state index in [2.05, 4.69) is 12.2 Å². The second-order valence-electron chi connectivity index (χ2n) is 4.77. The van der Waals surface area contributed by atoms with Gasteiger partial charge < -0.3 is 5.32 Å². The van der Waals surface area contributed by atoms with E-state index in [1.807, 2.05) is 0 Å². The number of hydrogen-bond donors (Lipinski definition) is 1. The summed E-state index contributed by atoms with van der Waals surface area (Å²) in [5.41, 5.74) is 0. The molecule has 0 aliphatic carbocycles. The van der Waals surface area contributed by atoms with Crippen LogP contribution in [0.1, 0.15) is 71.1 Å². The number of amides is 1. The molecule has 0 radical (unpaired) electrons. The zero-order valence-electron chi connectivity index (χ0n) is 11.5. The number of alkyl halides is 2. The highest BCUT2D eigenvalue weighted by Crippen LogP contribution is 2.10. The quantitative estimate of drug-likeness (QED) is 0.406. The van der Waals surface area contributed by atoms with E-state index in [-0.39, 0.29) is 5.91 Å². The summed E-state index contributed by atoms with van der Waals surface area (Å²) in [6.07, 6.45) is 12.9. The molecule has 0 aliphatic rings. The Hall–Kier alpha value is 0.0500. The standard InChI is InChI=1S/C14H27Cl2NO/c1-2-3-4-5-6-7-8-9-10-11-12-17-14(18)13(15)16/h13H,2-12H2,1H3,(H,17,18). The monoisotopic (exact) mass is 295 g/mol. The average molecular weight is 296 g/mol. The van der Waals surface area contributed by atoms with Gasteiger partial charge in [0.2, 0.25) is 0 Å². The number of carbonyl (C=O) groups excluding carboxylic acids is 1. The molecule has 0 fully saturated rings. The first-order valence-corrected chi connectivity index (χ1v) is 8.11. The van der Waals surface area contributed by atoms with E-state index in [0.717, 1.165) is 6.42 Å². The first-order valence-electron chi connectivity index (χ1n) is 7.24. The van der Waals surface area contributed by atoms with Gasteiger partial charge in [-0.05, 0) is 6.42 Å². The molecule has 2 nitrogen and oxygen atoms in total. The third-order valence-corrected chi connectivity index (χ3v) is 3.42. The van der Waals surface area contributed by atoms with E-state index in [1.54, 1.807) is 0 Å². The molecule has 0 bridgehead atoms. The van der Waals surface area contributed by atoms with E-state index in [4.69, 9.17) is 23.2 Å². The minimum Gasteiger partial charge on any atom is -0.354 e. The molecule has 0 atom stereocenters. The Bertz CT molecular complexity index is 198. The molecule has 1 amide bonds. The van der Waals surface area contributed by atoms with Gasteiger partial charge >= 0.3 is 0 Å². The Morgan fingerprint density at radius 3 is 1.78 bits per heavy atom. The number of rotatable bonds is 12. The molecule has 0 aromatic heterocycles. The van der Waals surface area contributed by atoms with Crippen LogP contribution in [0.25, 0.3) is 0 Å². The molecule has 0 spiro atoms. The number of halogens is 2. The van der Waals surface area contributed by atoms with Gasteiger partial charge in [0.1, 0.15) is 0 Å². The van der Waals surface area contributed by atoms with Crippen molar-refractivity contribution in [2.24, 2.45) is 0 Å². The van der Waals surface area contributed by atoms with Crippen molar-refractivity contribution in [1.82, 2.24) is 5.32 Å². The Balaban J connectivity index is 3.05. The summed E-state index contributed by atoms with van der Waals surface area (Å²) in [6.45, 7) is 2.93. The van der Waals surface area contributed by atoms with E-state index in [0.29, 0.717) is 6.54 Å². The van der Waals surface area contributed by atoms with Crippen LogP contribution in [0.5, 0.6) is 0 Å². The fraction of sp³-hybridized carbons (Fsp3) is 0.929.